The second-order valence-corrected chi connectivity index (χ2v) is 5.03. The van der Waals surface area contributed by atoms with E-state index in [2.05, 4.69) is 17.6 Å². The van der Waals surface area contributed by atoms with Gasteiger partial charge in [0, 0.05) is 0 Å². The van der Waals surface area contributed by atoms with E-state index in [0.717, 1.165) is 19.3 Å². The number of rotatable bonds is 7. The molecule has 0 amide bonds. The fraction of sp³-hybridized carbons (Fsp3) is 0.429. The van der Waals surface area contributed by atoms with Crippen molar-refractivity contribution in [3.8, 4) is 0 Å². The molecule has 1 aromatic rings. The smallest absolute Gasteiger partial charge is 0.325 e. The van der Waals surface area contributed by atoms with Gasteiger partial charge in [-0.15, -0.1) is 0 Å². The van der Waals surface area contributed by atoms with Gasteiger partial charge >= 0.3 is 5.97 Å². The lowest BCUT2D eigenvalue weighted by Crippen LogP contribution is -2.34. The Kier molecular flexibility index (Phi) is 7.99. The molecule has 0 aromatic heterocycles. The maximum absolute atomic E-state index is 11.4. The SMILES string of the molecule is CCCCCOC(=O)CNC(=S)Nc1ccccc1Cl. The molecule has 0 saturated heterocycles. The molecule has 1 rings (SSSR count). The number of anilines is 1. The normalized spacial score (nSPS) is 9.90. The summed E-state index contributed by atoms with van der Waals surface area (Å²) >= 11 is 11.1. The van der Waals surface area contributed by atoms with Crippen molar-refractivity contribution in [3.05, 3.63) is 29.3 Å². The van der Waals surface area contributed by atoms with Crippen LogP contribution in [-0.4, -0.2) is 24.2 Å². The largest absolute Gasteiger partial charge is 0.464 e. The van der Waals surface area contributed by atoms with Gasteiger partial charge in [-0.3, -0.25) is 4.79 Å². The Hall–Kier alpha value is -1.33. The molecule has 0 bridgehead atoms. The highest BCUT2D eigenvalue weighted by Crippen LogP contribution is 2.19. The van der Waals surface area contributed by atoms with Crippen LogP contribution < -0.4 is 10.6 Å². The minimum Gasteiger partial charge on any atom is -0.464 e. The summed E-state index contributed by atoms with van der Waals surface area (Å²) in [4.78, 5) is 11.4. The van der Waals surface area contributed by atoms with E-state index >= 15 is 0 Å². The first-order valence-electron chi connectivity index (χ1n) is 6.58. The van der Waals surface area contributed by atoms with Crippen molar-refractivity contribution in [3.63, 3.8) is 0 Å². The molecule has 0 saturated carbocycles. The lowest BCUT2D eigenvalue weighted by atomic mass is 10.3. The van der Waals surface area contributed by atoms with E-state index in [1.807, 2.05) is 12.1 Å². The number of para-hydroxylation sites is 1. The van der Waals surface area contributed by atoms with Crippen LogP contribution >= 0.6 is 23.8 Å². The van der Waals surface area contributed by atoms with Gasteiger partial charge in [-0.1, -0.05) is 43.5 Å². The molecule has 0 spiro atoms. The quantitative estimate of drug-likeness (QED) is 0.459. The molecule has 2 N–H and O–H groups in total. The number of carbonyl (C=O) groups is 1. The van der Waals surface area contributed by atoms with Gasteiger partial charge in [-0.2, -0.15) is 0 Å². The number of hydrogen-bond donors (Lipinski definition) is 2. The Balaban J connectivity index is 2.23. The van der Waals surface area contributed by atoms with Gasteiger partial charge in [0.15, 0.2) is 5.11 Å². The van der Waals surface area contributed by atoms with Crippen LogP contribution in [0, 0.1) is 0 Å². The maximum Gasteiger partial charge on any atom is 0.325 e. The van der Waals surface area contributed by atoms with Crippen LogP contribution in [0.4, 0.5) is 5.69 Å². The van der Waals surface area contributed by atoms with Gasteiger partial charge in [-0.25, -0.2) is 0 Å². The first kappa shape index (κ1) is 16.7. The number of halogens is 1. The van der Waals surface area contributed by atoms with Gasteiger partial charge in [0.05, 0.1) is 17.3 Å². The highest BCUT2D eigenvalue weighted by molar-refractivity contribution is 7.80. The lowest BCUT2D eigenvalue weighted by Gasteiger charge is -2.11. The number of ether oxygens (including phenoxy) is 1. The summed E-state index contributed by atoms with van der Waals surface area (Å²) < 4.78 is 5.05. The third kappa shape index (κ3) is 6.73. The Morgan fingerprint density at radius 1 is 1.35 bits per heavy atom. The standard InChI is InChI=1S/C14H19ClN2O2S/c1-2-3-6-9-19-13(18)10-16-14(20)17-12-8-5-4-7-11(12)15/h4-5,7-8H,2-3,6,9-10H2,1H3,(H2,16,17,20). The molecule has 0 unspecified atom stereocenters. The van der Waals surface area contributed by atoms with E-state index in [1.165, 1.54) is 0 Å². The van der Waals surface area contributed by atoms with Gasteiger partial charge in [-0.05, 0) is 30.8 Å². The average Bonchev–Trinajstić information content (AvgIpc) is 2.44. The molecule has 6 heteroatoms. The first-order chi connectivity index (χ1) is 9.63. The number of benzene rings is 1. The zero-order valence-electron chi connectivity index (χ0n) is 11.4. The van der Waals surface area contributed by atoms with Crippen molar-refractivity contribution in [2.24, 2.45) is 0 Å². The van der Waals surface area contributed by atoms with Crippen LogP contribution in [0.1, 0.15) is 26.2 Å². The highest BCUT2D eigenvalue weighted by Gasteiger charge is 2.05. The van der Waals surface area contributed by atoms with E-state index in [1.54, 1.807) is 12.1 Å². The van der Waals surface area contributed by atoms with Gasteiger partial charge < -0.3 is 15.4 Å². The fourth-order valence-electron chi connectivity index (χ4n) is 1.47. The number of nitrogens with one attached hydrogen (secondary N) is 2. The van der Waals surface area contributed by atoms with E-state index in [-0.39, 0.29) is 12.5 Å². The summed E-state index contributed by atoms with van der Waals surface area (Å²) in [5, 5.41) is 6.61. The fourth-order valence-corrected chi connectivity index (χ4v) is 1.84. The number of esters is 1. The highest BCUT2D eigenvalue weighted by atomic mass is 35.5. The van der Waals surface area contributed by atoms with E-state index in [9.17, 15) is 4.79 Å². The predicted molar refractivity (Wildman–Crippen MR) is 86.2 cm³/mol. The van der Waals surface area contributed by atoms with Gasteiger partial charge in [0.25, 0.3) is 0 Å². The van der Waals surface area contributed by atoms with E-state index in [4.69, 9.17) is 28.6 Å². The van der Waals surface area contributed by atoms with Crippen LogP contribution in [0.3, 0.4) is 0 Å². The third-order valence-corrected chi connectivity index (χ3v) is 3.10. The average molecular weight is 315 g/mol. The number of unbranched alkanes of at least 4 members (excludes halogenated alkanes) is 2. The van der Waals surface area contributed by atoms with E-state index < -0.39 is 0 Å². The molecule has 110 valence electrons. The van der Waals surface area contributed by atoms with Gasteiger partial charge in [0.1, 0.15) is 6.54 Å². The van der Waals surface area contributed by atoms with Crippen LogP contribution in [0.15, 0.2) is 24.3 Å². The molecule has 0 atom stereocenters. The molecular formula is C14H19ClN2O2S. The second-order valence-electron chi connectivity index (χ2n) is 4.22. The van der Waals surface area contributed by atoms with Crippen LogP contribution in [0.5, 0.6) is 0 Å². The summed E-state index contributed by atoms with van der Waals surface area (Å²) in [7, 11) is 0. The minimum atomic E-state index is -0.315. The lowest BCUT2D eigenvalue weighted by molar-refractivity contribution is -0.142. The molecule has 20 heavy (non-hydrogen) atoms. The van der Waals surface area contributed by atoms with Crippen molar-refractivity contribution < 1.29 is 9.53 Å². The number of carbonyl (C=O) groups excluding carboxylic acids is 1. The minimum absolute atomic E-state index is 0.0441. The molecule has 0 fully saturated rings. The van der Waals surface area contributed by atoms with Crippen molar-refractivity contribution in [2.75, 3.05) is 18.5 Å². The van der Waals surface area contributed by atoms with E-state index in [0.29, 0.717) is 22.4 Å². The second kappa shape index (κ2) is 9.55. The zero-order valence-corrected chi connectivity index (χ0v) is 13.0. The monoisotopic (exact) mass is 314 g/mol. The molecule has 0 heterocycles. The van der Waals surface area contributed by atoms with Crippen LogP contribution in [-0.2, 0) is 9.53 Å². The Morgan fingerprint density at radius 2 is 2.10 bits per heavy atom. The zero-order chi connectivity index (χ0) is 14.8. The molecule has 0 aliphatic carbocycles. The molecule has 0 aliphatic rings. The molecule has 0 radical (unpaired) electrons. The molecule has 1 aromatic carbocycles. The first-order valence-corrected chi connectivity index (χ1v) is 7.37. The summed E-state index contributed by atoms with van der Waals surface area (Å²) in [6.07, 6.45) is 3.05. The third-order valence-electron chi connectivity index (χ3n) is 2.53. The van der Waals surface area contributed by atoms with Crippen molar-refractivity contribution in [1.29, 1.82) is 0 Å². The molecular weight excluding hydrogens is 296 g/mol. The van der Waals surface area contributed by atoms with Crippen LogP contribution in [0.2, 0.25) is 5.02 Å². The summed E-state index contributed by atoms with van der Waals surface area (Å²) in [5.74, 6) is -0.315. The molecule has 0 aliphatic heterocycles. The summed E-state index contributed by atoms with van der Waals surface area (Å²) in [6, 6.07) is 7.24. The maximum atomic E-state index is 11.4. The van der Waals surface area contributed by atoms with Crippen molar-refractivity contribution in [2.45, 2.75) is 26.2 Å². The summed E-state index contributed by atoms with van der Waals surface area (Å²) in [6.45, 7) is 2.60. The topological polar surface area (TPSA) is 50.4 Å². The number of hydrogen-bond acceptors (Lipinski definition) is 3. The molecule has 4 nitrogen and oxygen atoms in total. The number of thiocarbonyl (C=S) groups is 1. The summed E-state index contributed by atoms with van der Waals surface area (Å²) in [5.41, 5.74) is 0.697. The predicted octanol–water partition coefficient (Wildman–Crippen LogP) is 3.36. The Bertz CT molecular complexity index is 455. The van der Waals surface area contributed by atoms with Crippen molar-refractivity contribution >= 4 is 40.6 Å². The van der Waals surface area contributed by atoms with Gasteiger partial charge in [0.2, 0.25) is 0 Å². The van der Waals surface area contributed by atoms with Crippen molar-refractivity contribution in [1.82, 2.24) is 5.32 Å². The Labute approximate surface area is 129 Å². The Morgan fingerprint density at radius 3 is 2.80 bits per heavy atom. The van der Waals surface area contributed by atoms with Crippen LogP contribution in [0.25, 0.3) is 0 Å².